The number of aliphatic carboxylic acids is 1. The Morgan fingerprint density at radius 1 is 1.71 bits per heavy atom. The third kappa shape index (κ3) is 2.83. The lowest BCUT2D eigenvalue weighted by Crippen LogP contribution is -2.28. The van der Waals surface area contributed by atoms with Crippen molar-refractivity contribution in [3.63, 3.8) is 0 Å². The summed E-state index contributed by atoms with van der Waals surface area (Å²) in [4.78, 5) is 18.1. The summed E-state index contributed by atoms with van der Waals surface area (Å²) in [5, 5.41) is 10.8. The number of fused-ring (bicyclic) bond motifs is 1. The zero-order chi connectivity index (χ0) is 12.4. The van der Waals surface area contributed by atoms with E-state index < -0.39 is 5.97 Å². The highest BCUT2D eigenvalue weighted by Crippen LogP contribution is 2.12. The molecule has 2 aromatic rings. The van der Waals surface area contributed by atoms with Gasteiger partial charge in [0.05, 0.1) is 11.6 Å². The summed E-state index contributed by atoms with van der Waals surface area (Å²) >= 11 is 1.59. The van der Waals surface area contributed by atoms with E-state index in [1.165, 1.54) is 0 Å². The Morgan fingerprint density at radius 2 is 2.47 bits per heavy atom. The number of nitrogens with zero attached hydrogens (tertiary/aromatic N) is 3. The van der Waals surface area contributed by atoms with E-state index in [-0.39, 0.29) is 5.92 Å². The van der Waals surface area contributed by atoms with Crippen LogP contribution in [0.1, 0.15) is 12.6 Å². The van der Waals surface area contributed by atoms with Crippen LogP contribution in [-0.2, 0) is 11.3 Å². The van der Waals surface area contributed by atoms with Crippen LogP contribution >= 0.6 is 11.3 Å². The van der Waals surface area contributed by atoms with Crippen LogP contribution in [0.4, 0.5) is 0 Å². The van der Waals surface area contributed by atoms with Crippen molar-refractivity contribution in [2.45, 2.75) is 13.5 Å². The Labute approximate surface area is 103 Å². The molecule has 6 heteroatoms. The van der Waals surface area contributed by atoms with E-state index >= 15 is 0 Å². The Hall–Kier alpha value is -1.40. The number of hydrogen-bond acceptors (Lipinski definition) is 4. The number of hydrogen-bond donors (Lipinski definition) is 1. The Balaban J connectivity index is 1.96. The molecule has 1 atom stereocenters. The fourth-order valence-electron chi connectivity index (χ4n) is 1.74. The van der Waals surface area contributed by atoms with Crippen LogP contribution in [0.25, 0.3) is 4.96 Å². The van der Waals surface area contributed by atoms with Gasteiger partial charge in [-0.1, -0.05) is 6.92 Å². The van der Waals surface area contributed by atoms with Gasteiger partial charge in [0.25, 0.3) is 0 Å². The fraction of sp³-hybridized carbons (Fsp3) is 0.455. The average molecular weight is 253 g/mol. The maximum atomic E-state index is 10.7. The molecule has 0 aliphatic heterocycles. The van der Waals surface area contributed by atoms with Gasteiger partial charge in [-0.25, -0.2) is 4.98 Å². The molecule has 92 valence electrons. The lowest BCUT2D eigenvalue weighted by atomic mass is 10.2. The van der Waals surface area contributed by atoms with Crippen LogP contribution < -0.4 is 0 Å². The van der Waals surface area contributed by atoms with Crippen LogP contribution in [0, 0.1) is 5.92 Å². The van der Waals surface area contributed by atoms with Crippen LogP contribution in [0.5, 0.6) is 0 Å². The van der Waals surface area contributed by atoms with Crippen molar-refractivity contribution in [2.24, 2.45) is 5.92 Å². The summed E-state index contributed by atoms with van der Waals surface area (Å²) in [5.74, 6) is -1.12. The first kappa shape index (κ1) is 12.1. The van der Waals surface area contributed by atoms with E-state index in [1.807, 2.05) is 34.1 Å². The summed E-state index contributed by atoms with van der Waals surface area (Å²) in [6, 6.07) is 0. The molecule has 0 fully saturated rings. The Kier molecular flexibility index (Phi) is 3.44. The van der Waals surface area contributed by atoms with Crippen molar-refractivity contribution in [1.82, 2.24) is 14.3 Å². The summed E-state index contributed by atoms with van der Waals surface area (Å²) in [5.41, 5.74) is 0.969. The summed E-state index contributed by atoms with van der Waals surface area (Å²) in [7, 11) is 1.91. The van der Waals surface area contributed by atoms with E-state index in [1.54, 1.807) is 18.3 Å². The number of rotatable bonds is 5. The van der Waals surface area contributed by atoms with Crippen LogP contribution in [-0.4, -0.2) is 39.0 Å². The van der Waals surface area contributed by atoms with E-state index in [0.717, 1.165) is 10.7 Å². The molecule has 0 bridgehead atoms. The first-order valence-electron chi connectivity index (χ1n) is 5.38. The predicted molar refractivity (Wildman–Crippen MR) is 66.2 cm³/mol. The minimum Gasteiger partial charge on any atom is -0.481 e. The van der Waals surface area contributed by atoms with Gasteiger partial charge in [-0.2, -0.15) is 0 Å². The third-order valence-electron chi connectivity index (χ3n) is 2.58. The molecule has 0 amide bonds. The monoisotopic (exact) mass is 253 g/mol. The molecule has 1 N–H and O–H groups in total. The van der Waals surface area contributed by atoms with Crippen molar-refractivity contribution in [2.75, 3.05) is 13.6 Å². The van der Waals surface area contributed by atoms with E-state index in [2.05, 4.69) is 4.98 Å². The smallest absolute Gasteiger partial charge is 0.307 e. The standard InChI is InChI=1S/C11H15N3O2S/c1-8(10(15)16)5-13(2)6-9-7-14-3-4-17-11(14)12-9/h3-4,7-8H,5-6H2,1-2H3,(H,15,16). The molecule has 2 heterocycles. The second-order valence-corrected chi connectivity index (χ2v) is 5.13. The number of carboxylic acids is 1. The van der Waals surface area contributed by atoms with Gasteiger partial charge in [0.15, 0.2) is 4.96 Å². The Bertz CT molecular complexity index is 491. The highest BCUT2D eigenvalue weighted by Gasteiger charge is 2.14. The topological polar surface area (TPSA) is 57.8 Å². The fourth-order valence-corrected chi connectivity index (χ4v) is 2.46. The summed E-state index contributed by atoms with van der Waals surface area (Å²) in [6.45, 7) is 2.91. The number of carbonyl (C=O) groups is 1. The average Bonchev–Trinajstić information content (AvgIpc) is 2.76. The lowest BCUT2D eigenvalue weighted by molar-refractivity contribution is -0.141. The Morgan fingerprint density at radius 3 is 3.12 bits per heavy atom. The quantitative estimate of drug-likeness (QED) is 0.878. The number of aromatic nitrogens is 2. The minimum absolute atomic E-state index is 0.358. The molecule has 0 aliphatic rings. The van der Waals surface area contributed by atoms with Crippen molar-refractivity contribution in [1.29, 1.82) is 0 Å². The first-order valence-corrected chi connectivity index (χ1v) is 6.26. The predicted octanol–water partition coefficient (Wildman–Crippen LogP) is 1.55. The van der Waals surface area contributed by atoms with Crippen molar-refractivity contribution >= 4 is 22.3 Å². The third-order valence-corrected chi connectivity index (χ3v) is 3.35. The molecular formula is C11H15N3O2S. The van der Waals surface area contributed by atoms with Crippen molar-refractivity contribution < 1.29 is 9.90 Å². The van der Waals surface area contributed by atoms with Crippen molar-refractivity contribution in [3.8, 4) is 0 Å². The zero-order valence-corrected chi connectivity index (χ0v) is 10.6. The lowest BCUT2D eigenvalue weighted by Gasteiger charge is -2.17. The van der Waals surface area contributed by atoms with Gasteiger partial charge in [0, 0.05) is 30.9 Å². The van der Waals surface area contributed by atoms with E-state index in [4.69, 9.17) is 5.11 Å². The second kappa shape index (κ2) is 4.85. The van der Waals surface area contributed by atoms with Gasteiger partial charge in [-0.3, -0.25) is 14.1 Å². The molecule has 1 unspecified atom stereocenters. The normalized spacial score (nSPS) is 13.4. The van der Waals surface area contributed by atoms with Crippen LogP contribution in [0.2, 0.25) is 0 Å². The van der Waals surface area contributed by atoms with Gasteiger partial charge in [0.1, 0.15) is 0 Å². The highest BCUT2D eigenvalue weighted by atomic mass is 32.1. The molecular weight excluding hydrogens is 238 g/mol. The molecule has 0 radical (unpaired) electrons. The largest absolute Gasteiger partial charge is 0.481 e. The van der Waals surface area contributed by atoms with E-state index in [0.29, 0.717) is 13.1 Å². The van der Waals surface area contributed by atoms with Gasteiger partial charge < -0.3 is 5.11 Å². The maximum Gasteiger partial charge on any atom is 0.307 e. The summed E-state index contributed by atoms with van der Waals surface area (Å²) < 4.78 is 1.98. The molecule has 0 aliphatic carbocycles. The highest BCUT2D eigenvalue weighted by molar-refractivity contribution is 7.15. The minimum atomic E-state index is -0.761. The molecule has 0 saturated heterocycles. The van der Waals surface area contributed by atoms with Crippen molar-refractivity contribution in [3.05, 3.63) is 23.5 Å². The van der Waals surface area contributed by atoms with Gasteiger partial charge in [-0.05, 0) is 7.05 Å². The molecule has 5 nitrogen and oxygen atoms in total. The molecule has 17 heavy (non-hydrogen) atoms. The zero-order valence-electron chi connectivity index (χ0n) is 9.83. The number of carboxylic acid groups (broad SMARTS) is 1. The number of thiazole rings is 1. The molecule has 2 rings (SSSR count). The molecule has 0 aromatic carbocycles. The first-order chi connectivity index (χ1) is 8.06. The number of imidazole rings is 1. The molecule has 0 saturated carbocycles. The van der Waals surface area contributed by atoms with Crippen LogP contribution in [0.15, 0.2) is 17.8 Å². The molecule has 0 spiro atoms. The SMILES string of the molecule is CC(CN(C)Cc1cn2ccsc2n1)C(=O)O. The molecule has 2 aromatic heterocycles. The summed E-state index contributed by atoms with van der Waals surface area (Å²) in [6.07, 6.45) is 3.95. The van der Waals surface area contributed by atoms with E-state index in [9.17, 15) is 4.79 Å². The maximum absolute atomic E-state index is 10.7. The second-order valence-electron chi connectivity index (χ2n) is 4.26. The van der Waals surface area contributed by atoms with Gasteiger partial charge in [-0.15, -0.1) is 11.3 Å². The van der Waals surface area contributed by atoms with Gasteiger partial charge in [0.2, 0.25) is 0 Å². The van der Waals surface area contributed by atoms with Gasteiger partial charge >= 0.3 is 5.97 Å². The van der Waals surface area contributed by atoms with Crippen LogP contribution in [0.3, 0.4) is 0 Å².